The van der Waals surface area contributed by atoms with Gasteiger partial charge in [0.1, 0.15) is 0 Å². The Morgan fingerprint density at radius 3 is 2.55 bits per heavy atom. The summed E-state index contributed by atoms with van der Waals surface area (Å²) in [6, 6.07) is 0. The highest BCUT2D eigenvalue weighted by Crippen LogP contribution is 2.06. The van der Waals surface area contributed by atoms with E-state index in [9.17, 15) is 0 Å². The van der Waals surface area contributed by atoms with E-state index in [1.165, 1.54) is 32.1 Å². The van der Waals surface area contributed by atoms with Crippen molar-refractivity contribution in [3.05, 3.63) is 0 Å². The second-order valence-electron chi connectivity index (χ2n) is 3.34. The SMILES string of the molecule is CCCCC=[SiH]C(C)CCC. The summed E-state index contributed by atoms with van der Waals surface area (Å²) >= 11 is 0. The van der Waals surface area contributed by atoms with Crippen molar-refractivity contribution in [3.63, 3.8) is 0 Å². The summed E-state index contributed by atoms with van der Waals surface area (Å²) in [4.78, 5) is 0. The maximum atomic E-state index is 2.55. The lowest BCUT2D eigenvalue weighted by atomic mass is 10.3. The molecule has 0 radical (unpaired) electrons. The van der Waals surface area contributed by atoms with Crippen LogP contribution in [-0.4, -0.2) is 14.8 Å². The number of unbranched alkanes of at least 4 members (excludes halogenated alkanes) is 2. The van der Waals surface area contributed by atoms with Crippen molar-refractivity contribution in [1.82, 2.24) is 0 Å². The van der Waals surface area contributed by atoms with Gasteiger partial charge in [0, 0.05) is 0 Å². The molecule has 66 valence electrons. The molecule has 0 amide bonds. The molecular weight excluding hydrogens is 148 g/mol. The summed E-state index contributed by atoms with van der Waals surface area (Å²) in [6.45, 7) is 6.93. The van der Waals surface area contributed by atoms with Crippen molar-refractivity contribution in [3.8, 4) is 0 Å². The summed E-state index contributed by atoms with van der Waals surface area (Å²) in [5.41, 5.74) is 3.54. The van der Waals surface area contributed by atoms with Crippen molar-refractivity contribution < 1.29 is 0 Å². The molecule has 0 saturated carbocycles. The van der Waals surface area contributed by atoms with Crippen LogP contribution in [-0.2, 0) is 0 Å². The van der Waals surface area contributed by atoms with Crippen molar-refractivity contribution in [2.45, 2.75) is 58.4 Å². The predicted molar refractivity (Wildman–Crippen MR) is 57.1 cm³/mol. The van der Waals surface area contributed by atoms with Gasteiger partial charge < -0.3 is 0 Å². The lowest BCUT2D eigenvalue weighted by molar-refractivity contribution is 0.767. The molecule has 1 heteroatoms. The van der Waals surface area contributed by atoms with E-state index in [1.807, 2.05) is 0 Å². The van der Waals surface area contributed by atoms with E-state index in [0.29, 0.717) is 9.13 Å². The first-order chi connectivity index (χ1) is 5.31. The van der Waals surface area contributed by atoms with Gasteiger partial charge in [-0.05, 0) is 21.1 Å². The molecule has 0 aliphatic rings. The first kappa shape index (κ1) is 11.1. The smallest absolute Gasteiger partial charge is 0.00889 e. The number of rotatable bonds is 6. The average molecular weight is 170 g/mol. The molecular formula is C10H22Si. The van der Waals surface area contributed by atoms with Crippen molar-refractivity contribution in [2.24, 2.45) is 0 Å². The second kappa shape index (κ2) is 8.19. The van der Waals surface area contributed by atoms with E-state index in [2.05, 4.69) is 26.4 Å². The van der Waals surface area contributed by atoms with E-state index in [-0.39, 0.29) is 0 Å². The molecule has 0 aromatic heterocycles. The molecule has 0 nitrogen and oxygen atoms in total. The second-order valence-corrected chi connectivity index (χ2v) is 5.33. The molecule has 0 N–H and O–H groups in total. The zero-order chi connectivity index (χ0) is 8.53. The maximum absolute atomic E-state index is 2.55. The van der Waals surface area contributed by atoms with Crippen LogP contribution in [0, 0.1) is 0 Å². The normalized spacial score (nSPS) is 14.1. The van der Waals surface area contributed by atoms with Crippen molar-refractivity contribution in [1.29, 1.82) is 0 Å². The van der Waals surface area contributed by atoms with Crippen LogP contribution in [0.2, 0.25) is 5.54 Å². The monoisotopic (exact) mass is 170 g/mol. The Balaban J connectivity index is 3.24. The molecule has 0 aliphatic heterocycles. The fourth-order valence-corrected chi connectivity index (χ4v) is 2.62. The van der Waals surface area contributed by atoms with E-state index in [1.54, 1.807) is 0 Å². The van der Waals surface area contributed by atoms with Gasteiger partial charge in [0.2, 0.25) is 0 Å². The van der Waals surface area contributed by atoms with Crippen LogP contribution < -0.4 is 0 Å². The van der Waals surface area contributed by atoms with E-state index in [4.69, 9.17) is 0 Å². The lowest BCUT2D eigenvalue weighted by Gasteiger charge is -2.00. The minimum Gasteiger partial charge on any atom is -0.106 e. The third-order valence-electron chi connectivity index (χ3n) is 1.93. The van der Waals surface area contributed by atoms with Gasteiger partial charge in [0.15, 0.2) is 0 Å². The fraction of sp³-hybridized carbons (Fsp3) is 0.900. The molecule has 0 heterocycles. The van der Waals surface area contributed by atoms with Crippen molar-refractivity contribution >= 4 is 14.8 Å². The van der Waals surface area contributed by atoms with Gasteiger partial charge in [0.05, 0.1) is 0 Å². The van der Waals surface area contributed by atoms with E-state index >= 15 is 0 Å². The van der Waals surface area contributed by atoms with Gasteiger partial charge in [-0.15, -0.1) is 5.67 Å². The van der Waals surface area contributed by atoms with Gasteiger partial charge >= 0.3 is 0 Å². The summed E-state index contributed by atoms with van der Waals surface area (Å²) in [6.07, 6.45) is 6.89. The summed E-state index contributed by atoms with van der Waals surface area (Å²) in [7, 11) is 0.639. The third-order valence-corrected chi connectivity index (χ3v) is 3.53. The highest BCUT2D eigenvalue weighted by molar-refractivity contribution is 6.48. The first-order valence-electron chi connectivity index (χ1n) is 4.97. The molecule has 1 unspecified atom stereocenters. The van der Waals surface area contributed by atoms with Crippen molar-refractivity contribution in [2.75, 3.05) is 0 Å². The van der Waals surface area contributed by atoms with Gasteiger partial charge in [-0.25, -0.2) is 0 Å². The first-order valence-corrected chi connectivity index (χ1v) is 6.31. The Labute approximate surface area is 73.8 Å². The predicted octanol–water partition coefficient (Wildman–Crippen LogP) is 3.02. The molecule has 0 aliphatic carbocycles. The molecule has 0 bridgehead atoms. The Bertz CT molecular complexity index is 97.0. The zero-order valence-corrected chi connectivity index (χ0v) is 9.42. The highest BCUT2D eigenvalue weighted by Gasteiger charge is 1.92. The highest BCUT2D eigenvalue weighted by atomic mass is 28.2. The van der Waals surface area contributed by atoms with Crippen LogP contribution in [0.15, 0.2) is 0 Å². The fourth-order valence-electron chi connectivity index (χ4n) is 1.20. The van der Waals surface area contributed by atoms with Gasteiger partial charge in [-0.2, -0.15) is 0 Å². The maximum Gasteiger partial charge on any atom is -0.00889 e. The molecule has 0 spiro atoms. The molecule has 0 saturated heterocycles. The minimum atomic E-state index is 0.639. The number of hydrogen-bond acceptors (Lipinski definition) is 0. The summed E-state index contributed by atoms with van der Waals surface area (Å²) < 4.78 is 0. The van der Waals surface area contributed by atoms with Gasteiger partial charge in [0.25, 0.3) is 0 Å². The summed E-state index contributed by atoms with van der Waals surface area (Å²) in [5, 5.41) is 0. The largest absolute Gasteiger partial charge is 0.106 e. The van der Waals surface area contributed by atoms with E-state index < -0.39 is 0 Å². The quantitative estimate of drug-likeness (QED) is 0.424. The molecule has 0 fully saturated rings. The molecule has 0 aromatic rings. The Morgan fingerprint density at radius 2 is 2.00 bits per heavy atom. The minimum absolute atomic E-state index is 0.639. The van der Waals surface area contributed by atoms with Gasteiger partial charge in [-0.1, -0.05) is 46.5 Å². The Kier molecular flexibility index (Phi) is 8.25. The number of hydrogen-bond donors (Lipinski definition) is 0. The van der Waals surface area contributed by atoms with Crippen LogP contribution >= 0.6 is 0 Å². The van der Waals surface area contributed by atoms with Crippen LogP contribution in [0.1, 0.15) is 52.9 Å². The van der Waals surface area contributed by atoms with Gasteiger partial charge in [-0.3, -0.25) is 0 Å². The molecule has 1 atom stereocenters. The lowest BCUT2D eigenvalue weighted by Crippen LogP contribution is -1.93. The molecule has 0 aromatic carbocycles. The van der Waals surface area contributed by atoms with Crippen LogP contribution in [0.5, 0.6) is 0 Å². The van der Waals surface area contributed by atoms with Crippen LogP contribution in [0.25, 0.3) is 0 Å². The Morgan fingerprint density at radius 1 is 1.27 bits per heavy atom. The zero-order valence-electron chi connectivity index (χ0n) is 8.27. The van der Waals surface area contributed by atoms with Crippen LogP contribution in [0.3, 0.4) is 0 Å². The third kappa shape index (κ3) is 7.99. The molecule has 0 rings (SSSR count). The van der Waals surface area contributed by atoms with Crippen LogP contribution in [0.4, 0.5) is 0 Å². The Hall–Kier alpha value is 0.0869. The standard InChI is InChI=1S/C10H22Si/c1-4-6-7-9-11-10(3)8-5-2/h9-11H,4-8H2,1-3H3. The topological polar surface area (TPSA) is 0 Å². The average Bonchev–Trinajstić information content (AvgIpc) is 1.99. The summed E-state index contributed by atoms with van der Waals surface area (Å²) in [5.74, 6) is 0. The van der Waals surface area contributed by atoms with E-state index in [0.717, 1.165) is 5.54 Å². The molecule has 11 heavy (non-hydrogen) atoms.